The summed E-state index contributed by atoms with van der Waals surface area (Å²) in [4.78, 5) is 2.32. The Labute approximate surface area is 99.3 Å². The van der Waals surface area contributed by atoms with Crippen LogP contribution in [0, 0.1) is 0 Å². The first-order chi connectivity index (χ1) is 7.71. The summed E-state index contributed by atoms with van der Waals surface area (Å²) in [5.41, 5.74) is 0.879. The Morgan fingerprint density at radius 3 is 2.56 bits per heavy atom. The second-order valence-corrected chi connectivity index (χ2v) is 5.52. The van der Waals surface area contributed by atoms with Gasteiger partial charge in [0.1, 0.15) is 0 Å². The van der Waals surface area contributed by atoms with E-state index in [9.17, 15) is 5.11 Å². The third-order valence-electron chi connectivity index (χ3n) is 4.20. The lowest BCUT2D eigenvalue weighted by atomic mass is 9.80. The van der Waals surface area contributed by atoms with Gasteiger partial charge < -0.3 is 10.0 Å². The van der Waals surface area contributed by atoms with Crippen molar-refractivity contribution in [2.24, 2.45) is 0 Å². The molecule has 1 N–H and O–H groups in total. The Bertz CT molecular complexity index is 251. The second-order valence-electron chi connectivity index (χ2n) is 5.52. The van der Waals surface area contributed by atoms with E-state index in [4.69, 9.17) is 0 Å². The van der Waals surface area contributed by atoms with Crippen LogP contribution in [0.2, 0.25) is 0 Å². The summed E-state index contributed by atoms with van der Waals surface area (Å²) in [7, 11) is 2.14. The van der Waals surface area contributed by atoms with Gasteiger partial charge in [0.15, 0.2) is 0 Å². The van der Waals surface area contributed by atoms with Crippen molar-refractivity contribution in [1.29, 1.82) is 0 Å². The summed E-state index contributed by atoms with van der Waals surface area (Å²) < 4.78 is 0. The number of likely N-dealkylation sites (tertiary alicyclic amines) is 1. The van der Waals surface area contributed by atoms with Crippen LogP contribution in [0.5, 0.6) is 0 Å². The molecule has 1 saturated heterocycles. The molecule has 0 radical (unpaired) electrons. The Balaban J connectivity index is 2.03. The van der Waals surface area contributed by atoms with Crippen LogP contribution in [0.15, 0.2) is 11.6 Å². The van der Waals surface area contributed by atoms with Crippen molar-refractivity contribution in [3.8, 4) is 0 Å². The summed E-state index contributed by atoms with van der Waals surface area (Å²) in [6.45, 7) is 2.07. The lowest BCUT2D eigenvalue weighted by Crippen LogP contribution is -2.44. The Kier molecular flexibility index (Phi) is 4.04. The Hall–Kier alpha value is -0.340. The normalized spacial score (nSPS) is 28.0. The quantitative estimate of drug-likeness (QED) is 0.691. The number of allylic oxidation sites excluding steroid dienone is 1. The van der Waals surface area contributed by atoms with E-state index in [2.05, 4.69) is 18.0 Å². The molecule has 2 heteroatoms. The van der Waals surface area contributed by atoms with Gasteiger partial charge in [-0.1, -0.05) is 18.9 Å². The van der Waals surface area contributed by atoms with E-state index in [1.54, 1.807) is 0 Å². The van der Waals surface area contributed by atoms with Crippen LogP contribution in [0.1, 0.15) is 51.4 Å². The number of hydrogen-bond donors (Lipinski definition) is 1. The molecule has 92 valence electrons. The average molecular weight is 223 g/mol. The molecule has 0 saturated carbocycles. The van der Waals surface area contributed by atoms with E-state index in [-0.39, 0.29) is 0 Å². The highest BCUT2D eigenvalue weighted by Crippen LogP contribution is 2.33. The van der Waals surface area contributed by atoms with Crippen molar-refractivity contribution >= 4 is 0 Å². The first kappa shape index (κ1) is 12.1. The van der Waals surface area contributed by atoms with Crippen LogP contribution in [-0.4, -0.2) is 35.7 Å². The van der Waals surface area contributed by atoms with Crippen molar-refractivity contribution in [3.63, 3.8) is 0 Å². The third kappa shape index (κ3) is 2.86. The summed E-state index contributed by atoms with van der Waals surface area (Å²) >= 11 is 0. The van der Waals surface area contributed by atoms with E-state index in [0.29, 0.717) is 0 Å². The highest BCUT2D eigenvalue weighted by molar-refractivity contribution is 5.18. The zero-order chi connectivity index (χ0) is 11.4. The number of aliphatic hydroxyl groups is 1. The topological polar surface area (TPSA) is 23.5 Å². The van der Waals surface area contributed by atoms with Crippen molar-refractivity contribution in [2.75, 3.05) is 20.1 Å². The molecule has 0 aromatic carbocycles. The van der Waals surface area contributed by atoms with Crippen LogP contribution in [0.3, 0.4) is 0 Å². The Morgan fingerprint density at radius 1 is 1.12 bits per heavy atom. The standard InChI is InChI=1S/C14H25NO/c1-15-11-9-14(16,10-12-15)13-7-5-3-2-4-6-8-13/h7,16H,2-6,8-12H2,1H3. The molecule has 16 heavy (non-hydrogen) atoms. The molecular weight excluding hydrogens is 198 g/mol. The third-order valence-corrected chi connectivity index (χ3v) is 4.20. The Morgan fingerprint density at radius 2 is 1.81 bits per heavy atom. The maximum atomic E-state index is 10.7. The van der Waals surface area contributed by atoms with Crippen molar-refractivity contribution in [1.82, 2.24) is 4.90 Å². The van der Waals surface area contributed by atoms with Crippen LogP contribution < -0.4 is 0 Å². The number of rotatable bonds is 1. The molecule has 0 amide bonds. The molecule has 0 spiro atoms. The van der Waals surface area contributed by atoms with Gasteiger partial charge in [0.2, 0.25) is 0 Å². The monoisotopic (exact) mass is 223 g/mol. The first-order valence-corrected chi connectivity index (χ1v) is 6.81. The van der Waals surface area contributed by atoms with Gasteiger partial charge >= 0.3 is 0 Å². The maximum Gasteiger partial charge on any atom is 0.0881 e. The molecule has 1 fully saturated rings. The fraction of sp³-hybridized carbons (Fsp3) is 0.857. The van der Waals surface area contributed by atoms with Gasteiger partial charge in [0, 0.05) is 13.1 Å². The van der Waals surface area contributed by atoms with Crippen molar-refractivity contribution in [3.05, 3.63) is 11.6 Å². The van der Waals surface area contributed by atoms with E-state index >= 15 is 0 Å². The van der Waals surface area contributed by atoms with Gasteiger partial charge in [-0.15, -0.1) is 0 Å². The average Bonchev–Trinajstić information content (AvgIpc) is 2.22. The molecular formula is C14H25NO. The highest BCUT2D eigenvalue weighted by atomic mass is 16.3. The number of piperidine rings is 1. The first-order valence-electron chi connectivity index (χ1n) is 6.81. The van der Waals surface area contributed by atoms with Gasteiger partial charge in [-0.05, 0) is 51.1 Å². The zero-order valence-corrected chi connectivity index (χ0v) is 10.5. The molecule has 1 aliphatic heterocycles. The minimum Gasteiger partial charge on any atom is -0.385 e. The summed E-state index contributed by atoms with van der Waals surface area (Å²) in [5.74, 6) is 0. The fourth-order valence-electron chi connectivity index (χ4n) is 2.92. The summed E-state index contributed by atoms with van der Waals surface area (Å²) in [6, 6.07) is 0. The van der Waals surface area contributed by atoms with Crippen molar-refractivity contribution in [2.45, 2.75) is 57.0 Å². The van der Waals surface area contributed by atoms with Crippen LogP contribution in [0.25, 0.3) is 0 Å². The minimum atomic E-state index is -0.468. The number of nitrogens with zero attached hydrogens (tertiary/aromatic N) is 1. The lowest BCUT2D eigenvalue weighted by Gasteiger charge is -2.39. The molecule has 0 unspecified atom stereocenters. The van der Waals surface area contributed by atoms with E-state index in [1.807, 2.05) is 0 Å². The molecule has 0 bridgehead atoms. The zero-order valence-electron chi connectivity index (χ0n) is 10.5. The lowest BCUT2D eigenvalue weighted by molar-refractivity contribution is 0.0129. The van der Waals surface area contributed by atoms with E-state index in [1.165, 1.54) is 37.7 Å². The molecule has 2 nitrogen and oxygen atoms in total. The van der Waals surface area contributed by atoms with Gasteiger partial charge in [-0.3, -0.25) is 0 Å². The number of hydrogen-bond acceptors (Lipinski definition) is 2. The van der Waals surface area contributed by atoms with Gasteiger partial charge in [0.25, 0.3) is 0 Å². The van der Waals surface area contributed by atoms with Gasteiger partial charge in [-0.25, -0.2) is 0 Å². The molecule has 2 aliphatic rings. The minimum absolute atomic E-state index is 0.468. The molecule has 0 atom stereocenters. The molecule has 0 aromatic heterocycles. The molecule has 0 aromatic rings. The van der Waals surface area contributed by atoms with E-state index < -0.39 is 5.60 Å². The van der Waals surface area contributed by atoms with Crippen LogP contribution in [0.4, 0.5) is 0 Å². The van der Waals surface area contributed by atoms with Crippen molar-refractivity contribution < 1.29 is 5.11 Å². The van der Waals surface area contributed by atoms with Gasteiger partial charge in [-0.2, -0.15) is 0 Å². The smallest absolute Gasteiger partial charge is 0.0881 e. The fourth-order valence-corrected chi connectivity index (χ4v) is 2.92. The second kappa shape index (κ2) is 5.33. The SMILES string of the molecule is CN1CCC(O)(C2=CCCCCCC2)CC1. The van der Waals surface area contributed by atoms with Crippen LogP contribution >= 0.6 is 0 Å². The molecule has 1 heterocycles. The largest absolute Gasteiger partial charge is 0.385 e. The predicted octanol–water partition coefficient (Wildman–Crippen LogP) is 2.72. The predicted molar refractivity (Wildman–Crippen MR) is 67.5 cm³/mol. The van der Waals surface area contributed by atoms with Gasteiger partial charge in [0.05, 0.1) is 5.60 Å². The maximum absolute atomic E-state index is 10.7. The van der Waals surface area contributed by atoms with E-state index in [0.717, 1.165) is 32.4 Å². The molecule has 1 aliphatic carbocycles. The highest BCUT2D eigenvalue weighted by Gasteiger charge is 2.34. The van der Waals surface area contributed by atoms with Crippen LogP contribution in [-0.2, 0) is 0 Å². The summed E-state index contributed by atoms with van der Waals surface area (Å²) in [5, 5.41) is 10.7. The molecule has 2 rings (SSSR count). The summed E-state index contributed by atoms with van der Waals surface area (Å²) in [6.07, 6.45) is 11.8.